The fourth-order valence-electron chi connectivity index (χ4n) is 1.91. The Kier molecular flexibility index (Phi) is 8.97. The van der Waals surface area contributed by atoms with Gasteiger partial charge in [-0.3, -0.25) is 5.32 Å². The van der Waals surface area contributed by atoms with Gasteiger partial charge in [0.25, 0.3) is 0 Å². The molecule has 0 aliphatic carbocycles. The van der Waals surface area contributed by atoms with E-state index < -0.39 is 5.54 Å². The van der Waals surface area contributed by atoms with E-state index in [1.54, 1.807) is 7.11 Å². The zero-order valence-electron chi connectivity index (χ0n) is 13.3. The Labute approximate surface area is 117 Å². The number of likely N-dealkylation sites (N-methyl/N-ethyl adjacent to an activating group) is 1. The highest BCUT2D eigenvalue weighted by Crippen LogP contribution is 2.15. The fraction of sp³-hybridized carbons (Fsp3) is 0.929. The van der Waals surface area contributed by atoms with Gasteiger partial charge in [-0.1, -0.05) is 13.8 Å². The van der Waals surface area contributed by atoms with Crippen LogP contribution < -0.4 is 5.32 Å². The summed E-state index contributed by atoms with van der Waals surface area (Å²) in [4.78, 5) is 14.4. The molecule has 2 atom stereocenters. The van der Waals surface area contributed by atoms with Crippen LogP contribution in [0.2, 0.25) is 0 Å². The van der Waals surface area contributed by atoms with Crippen LogP contribution >= 0.6 is 0 Å². The van der Waals surface area contributed by atoms with Gasteiger partial charge in [0.15, 0.2) is 0 Å². The number of rotatable bonds is 10. The lowest BCUT2D eigenvalue weighted by Crippen LogP contribution is -2.59. The first-order valence-corrected chi connectivity index (χ1v) is 7.13. The summed E-state index contributed by atoms with van der Waals surface area (Å²) in [6.07, 6.45) is -0.247. The van der Waals surface area contributed by atoms with Gasteiger partial charge in [0.1, 0.15) is 5.54 Å². The number of esters is 1. The zero-order chi connectivity index (χ0) is 14.9. The average Bonchev–Trinajstić information content (AvgIpc) is 2.42. The molecule has 0 rings (SSSR count). The van der Waals surface area contributed by atoms with Gasteiger partial charge in [0.05, 0.1) is 12.7 Å². The van der Waals surface area contributed by atoms with Crippen LogP contribution in [0.1, 0.15) is 34.6 Å². The van der Waals surface area contributed by atoms with Crippen molar-refractivity contribution in [2.24, 2.45) is 0 Å². The third-order valence-electron chi connectivity index (χ3n) is 3.68. The molecular formula is C14H30N2O3. The molecular weight excluding hydrogens is 244 g/mol. The average molecular weight is 274 g/mol. The maximum atomic E-state index is 12.1. The number of hydrogen-bond acceptors (Lipinski definition) is 5. The van der Waals surface area contributed by atoms with E-state index in [9.17, 15) is 4.79 Å². The second-order valence-electron chi connectivity index (χ2n) is 4.75. The van der Waals surface area contributed by atoms with Crippen molar-refractivity contribution in [3.05, 3.63) is 0 Å². The van der Waals surface area contributed by atoms with Crippen LogP contribution in [0.4, 0.5) is 0 Å². The Bertz CT molecular complexity index is 257. The van der Waals surface area contributed by atoms with E-state index in [4.69, 9.17) is 9.47 Å². The van der Waals surface area contributed by atoms with Crippen molar-refractivity contribution in [2.75, 3.05) is 39.9 Å². The van der Waals surface area contributed by atoms with Gasteiger partial charge in [0.2, 0.25) is 0 Å². The summed E-state index contributed by atoms with van der Waals surface area (Å²) >= 11 is 0. The van der Waals surface area contributed by atoms with Gasteiger partial charge >= 0.3 is 5.97 Å². The smallest absolute Gasteiger partial charge is 0.328 e. The minimum Gasteiger partial charge on any atom is -0.465 e. The van der Waals surface area contributed by atoms with Crippen molar-refractivity contribution in [1.29, 1.82) is 0 Å². The zero-order valence-corrected chi connectivity index (χ0v) is 13.3. The number of nitrogens with one attached hydrogen (secondary N) is 1. The Morgan fingerprint density at radius 2 is 1.89 bits per heavy atom. The standard InChI is InChI=1S/C14H30N2O3/c1-7-16(8-2)11-10-15-14(5,12(4)18-6)13(17)19-9-3/h12,15H,7-11H2,1-6H3. The molecule has 0 amide bonds. The summed E-state index contributed by atoms with van der Waals surface area (Å²) in [6.45, 7) is 13.8. The molecule has 114 valence electrons. The molecule has 19 heavy (non-hydrogen) atoms. The molecule has 5 heteroatoms. The second-order valence-corrected chi connectivity index (χ2v) is 4.75. The lowest BCUT2D eigenvalue weighted by Gasteiger charge is -2.34. The SMILES string of the molecule is CCOC(=O)C(C)(NCCN(CC)CC)C(C)OC. The van der Waals surface area contributed by atoms with Gasteiger partial charge in [-0.25, -0.2) is 4.79 Å². The summed E-state index contributed by atoms with van der Waals surface area (Å²) in [5.74, 6) is -0.260. The van der Waals surface area contributed by atoms with Crippen LogP contribution in [0.25, 0.3) is 0 Å². The quantitative estimate of drug-likeness (QED) is 0.608. The molecule has 0 aromatic carbocycles. The molecule has 5 nitrogen and oxygen atoms in total. The predicted molar refractivity (Wildman–Crippen MR) is 77.3 cm³/mol. The number of nitrogens with zero attached hydrogens (tertiary/aromatic N) is 1. The topological polar surface area (TPSA) is 50.8 Å². The third-order valence-corrected chi connectivity index (χ3v) is 3.68. The fourth-order valence-corrected chi connectivity index (χ4v) is 1.91. The molecule has 0 saturated heterocycles. The molecule has 0 radical (unpaired) electrons. The molecule has 0 fully saturated rings. The van der Waals surface area contributed by atoms with Gasteiger partial charge in [-0.05, 0) is 33.9 Å². The lowest BCUT2D eigenvalue weighted by molar-refractivity contribution is -0.156. The highest BCUT2D eigenvalue weighted by Gasteiger charge is 2.40. The van der Waals surface area contributed by atoms with Crippen LogP contribution in [-0.4, -0.2) is 62.4 Å². The highest BCUT2D eigenvalue weighted by molar-refractivity contribution is 5.81. The molecule has 0 bridgehead atoms. The van der Waals surface area contributed by atoms with E-state index >= 15 is 0 Å². The van der Waals surface area contributed by atoms with Crippen LogP contribution in [0, 0.1) is 0 Å². The van der Waals surface area contributed by atoms with Crippen LogP contribution in [0.15, 0.2) is 0 Å². The maximum Gasteiger partial charge on any atom is 0.328 e. The summed E-state index contributed by atoms with van der Waals surface area (Å²) in [6, 6.07) is 0. The minimum absolute atomic E-state index is 0.247. The number of hydrogen-bond donors (Lipinski definition) is 1. The normalized spacial score (nSPS) is 16.2. The number of methoxy groups -OCH3 is 1. The van der Waals surface area contributed by atoms with Crippen molar-refractivity contribution in [2.45, 2.75) is 46.3 Å². The summed E-state index contributed by atoms with van der Waals surface area (Å²) < 4.78 is 10.5. The van der Waals surface area contributed by atoms with E-state index in [0.717, 1.165) is 26.2 Å². The van der Waals surface area contributed by atoms with Crippen molar-refractivity contribution in [3.63, 3.8) is 0 Å². The van der Waals surface area contributed by atoms with Crippen LogP contribution in [-0.2, 0) is 14.3 Å². The number of carbonyl (C=O) groups excluding carboxylic acids is 1. The van der Waals surface area contributed by atoms with Crippen LogP contribution in [0.3, 0.4) is 0 Å². The lowest BCUT2D eigenvalue weighted by atomic mass is 9.95. The first-order valence-electron chi connectivity index (χ1n) is 7.13. The first kappa shape index (κ1) is 18.4. The number of carbonyl (C=O) groups is 1. The van der Waals surface area contributed by atoms with Gasteiger partial charge in [-0.2, -0.15) is 0 Å². The Balaban J connectivity index is 4.55. The molecule has 0 aromatic rings. The number of ether oxygens (including phenoxy) is 2. The van der Waals surface area contributed by atoms with Gasteiger partial charge < -0.3 is 14.4 Å². The maximum absolute atomic E-state index is 12.1. The van der Waals surface area contributed by atoms with E-state index in [1.807, 2.05) is 20.8 Å². The van der Waals surface area contributed by atoms with Gasteiger partial charge in [0, 0.05) is 20.2 Å². The molecule has 0 aliphatic rings. The molecule has 0 heterocycles. The largest absolute Gasteiger partial charge is 0.465 e. The van der Waals surface area contributed by atoms with E-state index in [0.29, 0.717) is 6.61 Å². The van der Waals surface area contributed by atoms with Crippen molar-refractivity contribution in [1.82, 2.24) is 10.2 Å². The van der Waals surface area contributed by atoms with Crippen molar-refractivity contribution in [3.8, 4) is 0 Å². The summed E-state index contributed by atoms with van der Waals surface area (Å²) in [5, 5.41) is 3.29. The summed E-state index contributed by atoms with van der Waals surface area (Å²) in [7, 11) is 1.61. The Morgan fingerprint density at radius 1 is 1.32 bits per heavy atom. The highest BCUT2D eigenvalue weighted by atomic mass is 16.5. The van der Waals surface area contributed by atoms with E-state index in [2.05, 4.69) is 24.1 Å². The summed E-state index contributed by atoms with van der Waals surface area (Å²) in [5.41, 5.74) is -0.808. The molecule has 0 aromatic heterocycles. The Hall–Kier alpha value is -0.650. The minimum atomic E-state index is -0.808. The molecule has 1 N–H and O–H groups in total. The second kappa shape index (κ2) is 9.28. The van der Waals surface area contributed by atoms with Crippen LogP contribution in [0.5, 0.6) is 0 Å². The predicted octanol–water partition coefficient (Wildman–Crippen LogP) is 1.27. The molecule has 0 aliphatic heterocycles. The van der Waals surface area contributed by atoms with Gasteiger partial charge in [-0.15, -0.1) is 0 Å². The van der Waals surface area contributed by atoms with Crippen molar-refractivity contribution >= 4 is 5.97 Å². The monoisotopic (exact) mass is 274 g/mol. The van der Waals surface area contributed by atoms with E-state index in [-0.39, 0.29) is 12.1 Å². The first-order chi connectivity index (χ1) is 8.96. The Morgan fingerprint density at radius 3 is 2.32 bits per heavy atom. The molecule has 2 unspecified atom stereocenters. The van der Waals surface area contributed by atoms with E-state index in [1.165, 1.54) is 0 Å². The molecule has 0 spiro atoms. The molecule has 0 saturated carbocycles. The third kappa shape index (κ3) is 5.47. The van der Waals surface area contributed by atoms with Crippen molar-refractivity contribution < 1.29 is 14.3 Å².